The highest BCUT2D eigenvalue weighted by Gasteiger charge is 2.08. The molecule has 0 aliphatic carbocycles. The van der Waals surface area contributed by atoms with Crippen LogP contribution in [0.3, 0.4) is 0 Å². The molecule has 0 amide bonds. The normalized spacial score (nSPS) is 13.2. The van der Waals surface area contributed by atoms with Gasteiger partial charge in [-0.3, -0.25) is 0 Å². The summed E-state index contributed by atoms with van der Waals surface area (Å²) in [6, 6.07) is 3.95. The van der Waals surface area contributed by atoms with Crippen molar-refractivity contribution >= 4 is 0 Å². The first-order chi connectivity index (χ1) is 6.99. The van der Waals surface area contributed by atoms with E-state index in [0.717, 1.165) is 18.1 Å². The van der Waals surface area contributed by atoms with Crippen molar-refractivity contribution in [3.05, 3.63) is 35.4 Å². The first-order valence-corrected chi connectivity index (χ1v) is 5.18. The third-order valence-electron chi connectivity index (χ3n) is 2.26. The van der Waals surface area contributed by atoms with Crippen molar-refractivity contribution in [2.24, 2.45) is 11.7 Å². The molecule has 0 bridgehead atoms. The fraction of sp³-hybridized carbons (Fsp3) is 0.500. The summed E-state index contributed by atoms with van der Waals surface area (Å²) in [5.41, 5.74) is 6.63. The van der Waals surface area contributed by atoms with E-state index in [9.17, 15) is 8.78 Å². The Morgan fingerprint density at radius 1 is 1.20 bits per heavy atom. The molecule has 3 heteroatoms. The summed E-state index contributed by atoms with van der Waals surface area (Å²) in [5, 5.41) is 0. The van der Waals surface area contributed by atoms with Crippen molar-refractivity contribution in [3.8, 4) is 0 Å². The Kier molecular flexibility index (Phi) is 4.21. The van der Waals surface area contributed by atoms with Gasteiger partial charge in [0.2, 0.25) is 0 Å². The molecule has 0 saturated carbocycles. The lowest BCUT2D eigenvalue weighted by molar-refractivity contribution is 0.486. The number of rotatable bonds is 4. The van der Waals surface area contributed by atoms with Gasteiger partial charge >= 0.3 is 0 Å². The molecule has 1 aromatic rings. The van der Waals surface area contributed by atoms with Gasteiger partial charge in [-0.15, -0.1) is 0 Å². The predicted molar refractivity (Wildman–Crippen MR) is 57.5 cm³/mol. The van der Waals surface area contributed by atoms with Gasteiger partial charge in [0.1, 0.15) is 0 Å². The first-order valence-electron chi connectivity index (χ1n) is 5.18. The molecular weight excluding hydrogens is 196 g/mol. The second-order valence-corrected chi connectivity index (χ2v) is 4.34. The van der Waals surface area contributed by atoms with Crippen LogP contribution in [-0.4, -0.2) is 6.04 Å². The van der Waals surface area contributed by atoms with Crippen LogP contribution in [0.25, 0.3) is 0 Å². The van der Waals surface area contributed by atoms with Crippen LogP contribution in [-0.2, 0) is 6.42 Å². The molecule has 84 valence electrons. The number of nitrogens with two attached hydrogens (primary N) is 1. The molecule has 2 N–H and O–H groups in total. The zero-order chi connectivity index (χ0) is 11.4. The Morgan fingerprint density at radius 2 is 1.87 bits per heavy atom. The van der Waals surface area contributed by atoms with Gasteiger partial charge in [0.25, 0.3) is 0 Å². The van der Waals surface area contributed by atoms with Crippen LogP contribution >= 0.6 is 0 Å². The van der Waals surface area contributed by atoms with E-state index >= 15 is 0 Å². The molecule has 0 aliphatic heterocycles. The van der Waals surface area contributed by atoms with E-state index in [-0.39, 0.29) is 6.04 Å². The molecule has 1 atom stereocenters. The zero-order valence-corrected chi connectivity index (χ0v) is 9.13. The van der Waals surface area contributed by atoms with E-state index in [1.807, 2.05) is 0 Å². The fourth-order valence-electron chi connectivity index (χ4n) is 1.66. The maximum Gasteiger partial charge on any atom is 0.159 e. The predicted octanol–water partition coefficient (Wildman–Crippen LogP) is 2.88. The van der Waals surface area contributed by atoms with E-state index in [2.05, 4.69) is 13.8 Å². The van der Waals surface area contributed by atoms with Gasteiger partial charge in [-0.1, -0.05) is 19.9 Å². The average Bonchev–Trinajstić information content (AvgIpc) is 2.10. The monoisotopic (exact) mass is 213 g/mol. The van der Waals surface area contributed by atoms with Gasteiger partial charge in [-0.25, -0.2) is 8.78 Å². The Bertz CT molecular complexity index is 323. The lowest BCUT2D eigenvalue weighted by Crippen LogP contribution is -2.24. The standard InChI is InChI=1S/C12H17F2N/c1-8(2)5-10(15)6-9-3-4-11(13)12(14)7-9/h3-4,7-8,10H,5-6,15H2,1-2H3. The smallest absolute Gasteiger partial charge is 0.159 e. The zero-order valence-electron chi connectivity index (χ0n) is 9.13. The average molecular weight is 213 g/mol. The lowest BCUT2D eigenvalue weighted by Gasteiger charge is -2.13. The fourth-order valence-corrected chi connectivity index (χ4v) is 1.66. The molecule has 0 aromatic heterocycles. The van der Waals surface area contributed by atoms with Gasteiger partial charge in [0, 0.05) is 6.04 Å². The molecule has 1 rings (SSSR count). The quantitative estimate of drug-likeness (QED) is 0.817. The van der Waals surface area contributed by atoms with Crippen molar-refractivity contribution in [2.75, 3.05) is 0 Å². The molecule has 1 nitrogen and oxygen atoms in total. The largest absolute Gasteiger partial charge is 0.327 e. The van der Waals surface area contributed by atoms with E-state index < -0.39 is 11.6 Å². The summed E-state index contributed by atoms with van der Waals surface area (Å²) in [7, 11) is 0. The van der Waals surface area contributed by atoms with Crippen LogP contribution < -0.4 is 5.73 Å². The summed E-state index contributed by atoms with van der Waals surface area (Å²) in [5.74, 6) is -1.09. The van der Waals surface area contributed by atoms with Gasteiger partial charge in [0.15, 0.2) is 11.6 Å². The third kappa shape index (κ3) is 3.96. The van der Waals surface area contributed by atoms with E-state index in [0.29, 0.717) is 12.3 Å². The summed E-state index contributed by atoms with van der Waals surface area (Å²) in [6.07, 6.45) is 1.48. The SMILES string of the molecule is CC(C)CC(N)Cc1ccc(F)c(F)c1. The van der Waals surface area contributed by atoms with Crippen molar-refractivity contribution in [1.82, 2.24) is 0 Å². The highest BCUT2D eigenvalue weighted by Crippen LogP contribution is 2.12. The maximum absolute atomic E-state index is 12.9. The van der Waals surface area contributed by atoms with Gasteiger partial charge < -0.3 is 5.73 Å². The Morgan fingerprint density at radius 3 is 2.40 bits per heavy atom. The highest BCUT2D eigenvalue weighted by atomic mass is 19.2. The molecule has 0 saturated heterocycles. The van der Waals surface area contributed by atoms with Crippen LogP contribution in [0, 0.1) is 17.6 Å². The lowest BCUT2D eigenvalue weighted by atomic mass is 9.98. The van der Waals surface area contributed by atoms with Gasteiger partial charge in [-0.05, 0) is 36.5 Å². The second kappa shape index (κ2) is 5.21. The molecule has 1 unspecified atom stereocenters. The number of halogens is 2. The first kappa shape index (κ1) is 12.1. The summed E-state index contributed by atoms with van der Waals surface area (Å²) in [4.78, 5) is 0. The van der Waals surface area contributed by atoms with Crippen LogP contribution in [0.5, 0.6) is 0 Å². The Labute approximate surface area is 89.3 Å². The second-order valence-electron chi connectivity index (χ2n) is 4.34. The maximum atomic E-state index is 12.9. The van der Waals surface area contributed by atoms with Crippen molar-refractivity contribution in [2.45, 2.75) is 32.7 Å². The molecule has 0 heterocycles. The van der Waals surface area contributed by atoms with Crippen LogP contribution in [0.4, 0.5) is 8.78 Å². The topological polar surface area (TPSA) is 26.0 Å². The van der Waals surface area contributed by atoms with Crippen molar-refractivity contribution in [1.29, 1.82) is 0 Å². The Hall–Kier alpha value is -0.960. The van der Waals surface area contributed by atoms with E-state index in [4.69, 9.17) is 5.73 Å². The molecule has 0 aliphatic rings. The molecule has 15 heavy (non-hydrogen) atoms. The molecule has 0 radical (unpaired) electrons. The van der Waals surface area contributed by atoms with E-state index in [1.165, 1.54) is 6.07 Å². The molecule has 0 spiro atoms. The van der Waals surface area contributed by atoms with Crippen LogP contribution in [0.1, 0.15) is 25.8 Å². The van der Waals surface area contributed by atoms with Crippen LogP contribution in [0.2, 0.25) is 0 Å². The van der Waals surface area contributed by atoms with Crippen molar-refractivity contribution in [3.63, 3.8) is 0 Å². The highest BCUT2D eigenvalue weighted by molar-refractivity contribution is 5.18. The van der Waals surface area contributed by atoms with Crippen LogP contribution in [0.15, 0.2) is 18.2 Å². The molecule has 1 aromatic carbocycles. The van der Waals surface area contributed by atoms with Gasteiger partial charge in [-0.2, -0.15) is 0 Å². The molecule has 0 fully saturated rings. The summed E-state index contributed by atoms with van der Waals surface area (Å²) >= 11 is 0. The summed E-state index contributed by atoms with van der Waals surface area (Å²) in [6.45, 7) is 4.18. The number of hydrogen-bond donors (Lipinski definition) is 1. The minimum absolute atomic E-state index is 0.00913. The van der Waals surface area contributed by atoms with E-state index in [1.54, 1.807) is 6.07 Å². The molecular formula is C12H17F2N. The number of benzene rings is 1. The van der Waals surface area contributed by atoms with Gasteiger partial charge in [0.05, 0.1) is 0 Å². The summed E-state index contributed by atoms with van der Waals surface area (Å²) < 4.78 is 25.5. The van der Waals surface area contributed by atoms with Crippen molar-refractivity contribution < 1.29 is 8.78 Å². The minimum Gasteiger partial charge on any atom is -0.327 e. The number of hydrogen-bond acceptors (Lipinski definition) is 1. The third-order valence-corrected chi connectivity index (χ3v) is 2.26. The Balaban J connectivity index is 2.60. The minimum atomic E-state index is -0.809.